The van der Waals surface area contributed by atoms with Crippen molar-refractivity contribution in [2.75, 3.05) is 23.5 Å². The molecule has 0 aromatic heterocycles. The smallest absolute Gasteiger partial charge is 0.327 e. The Labute approximate surface area is 140 Å². The summed E-state index contributed by atoms with van der Waals surface area (Å²) < 4.78 is 0. The van der Waals surface area contributed by atoms with Crippen LogP contribution in [0.3, 0.4) is 0 Å². The first kappa shape index (κ1) is 18.9. The summed E-state index contributed by atoms with van der Waals surface area (Å²) in [4.78, 5) is 23.7. The van der Waals surface area contributed by atoms with Gasteiger partial charge >= 0.3 is 5.97 Å². The summed E-state index contributed by atoms with van der Waals surface area (Å²) in [6.07, 6.45) is 2.58. The highest BCUT2D eigenvalue weighted by Gasteiger charge is 2.25. The molecule has 1 unspecified atom stereocenters. The molecule has 0 aliphatic rings. The molecule has 0 heterocycles. The number of carbonyl (C=O) groups excluding carboxylic acids is 1. The third kappa shape index (κ3) is 6.75. The van der Waals surface area contributed by atoms with E-state index in [4.69, 9.17) is 0 Å². The average molecular weight is 341 g/mol. The fraction of sp³-hybridized carbons (Fsp3) is 0.500. The van der Waals surface area contributed by atoms with E-state index >= 15 is 0 Å². The van der Waals surface area contributed by atoms with Crippen molar-refractivity contribution in [3.05, 3.63) is 35.9 Å². The van der Waals surface area contributed by atoms with E-state index < -0.39 is 12.0 Å². The van der Waals surface area contributed by atoms with Crippen LogP contribution in [-0.4, -0.2) is 46.5 Å². The van der Waals surface area contributed by atoms with Crippen LogP contribution < -0.4 is 5.32 Å². The van der Waals surface area contributed by atoms with Crippen molar-refractivity contribution in [1.29, 1.82) is 0 Å². The second-order valence-corrected chi connectivity index (χ2v) is 7.13. The standard InChI is InChI=1S/C16H23NO3S2/c1-3-22-11-14(16(19)20)17-15(18)13(10-21-2)9-12-7-5-4-6-8-12/h4-8,13-14H,3,9-11H2,1-2H3,(H,17,18)(H,19,20)/t13?,14-/m0/s1. The Bertz CT molecular complexity index is 468. The Balaban J connectivity index is 2.68. The molecule has 1 aromatic rings. The van der Waals surface area contributed by atoms with Crippen LogP contribution in [0.1, 0.15) is 12.5 Å². The van der Waals surface area contributed by atoms with Gasteiger partial charge in [0, 0.05) is 11.5 Å². The van der Waals surface area contributed by atoms with Gasteiger partial charge in [-0.05, 0) is 24.0 Å². The maximum Gasteiger partial charge on any atom is 0.327 e. The van der Waals surface area contributed by atoms with Crippen molar-refractivity contribution in [3.8, 4) is 0 Å². The molecule has 0 saturated carbocycles. The van der Waals surface area contributed by atoms with E-state index in [1.165, 1.54) is 11.8 Å². The molecular weight excluding hydrogens is 318 g/mol. The minimum absolute atomic E-state index is 0.178. The summed E-state index contributed by atoms with van der Waals surface area (Å²) in [7, 11) is 0. The molecule has 0 radical (unpaired) electrons. The fourth-order valence-electron chi connectivity index (χ4n) is 2.03. The van der Waals surface area contributed by atoms with Crippen LogP contribution in [0.5, 0.6) is 0 Å². The normalized spacial score (nSPS) is 13.4. The lowest BCUT2D eigenvalue weighted by atomic mass is 10.00. The molecule has 1 amide bonds. The zero-order valence-electron chi connectivity index (χ0n) is 13.0. The quantitative estimate of drug-likeness (QED) is 0.684. The van der Waals surface area contributed by atoms with Crippen LogP contribution in [-0.2, 0) is 16.0 Å². The van der Waals surface area contributed by atoms with E-state index in [2.05, 4.69) is 5.32 Å². The summed E-state index contributed by atoms with van der Waals surface area (Å²) in [5.41, 5.74) is 1.09. The van der Waals surface area contributed by atoms with E-state index in [1.807, 2.05) is 43.5 Å². The van der Waals surface area contributed by atoms with Crippen LogP contribution >= 0.6 is 23.5 Å². The molecule has 2 N–H and O–H groups in total. The fourth-order valence-corrected chi connectivity index (χ4v) is 3.40. The Morgan fingerprint density at radius 1 is 1.23 bits per heavy atom. The molecular formula is C16H23NO3S2. The number of rotatable bonds is 10. The lowest BCUT2D eigenvalue weighted by molar-refractivity contribution is -0.141. The van der Waals surface area contributed by atoms with E-state index in [-0.39, 0.29) is 11.8 Å². The largest absolute Gasteiger partial charge is 0.480 e. The van der Waals surface area contributed by atoms with E-state index in [1.54, 1.807) is 11.8 Å². The first-order valence-corrected chi connectivity index (χ1v) is 9.77. The van der Waals surface area contributed by atoms with Gasteiger partial charge in [-0.1, -0.05) is 37.3 Å². The molecule has 4 nitrogen and oxygen atoms in total. The number of amides is 1. The molecule has 1 aromatic carbocycles. The number of benzene rings is 1. The van der Waals surface area contributed by atoms with Gasteiger partial charge in [0.25, 0.3) is 0 Å². The number of hydrogen-bond acceptors (Lipinski definition) is 4. The van der Waals surface area contributed by atoms with Crippen molar-refractivity contribution in [3.63, 3.8) is 0 Å². The number of carbonyl (C=O) groups is 2. The van der Waals surface area contributed by atoms with Crippen molar-refractivity contribution in [2.45, 2.75) is 19.4 Å². The van der Waals surface area contributed by atoms with Gasteiger partial charge < -0.3 is 10.4 Å². The number of carboxylic acid groups (broad SMARTS) is 1. The number of aliphatic carboxylic acids is 1. The van der Waals surface area contributed by atoms with Gasteiger partial charge in [-0.25, -0.2) is 4.79 Å². The molecule has 0 aliphatic heterocycles. The first-order valence-electron chi connectivity index (χ1n) is 7.22. The SMILES string of the molecule is CCSC[C@H](NC(=O)C(CSC)Cc1ccccc1)C(=O)O. The molecule has 0 spiro atoms. The minimum atomic E-state index is -0.975. The highest BCUT2D eigenvalue weighted by atomic mass is 32.2. The topological polar surface area (TPSA) is 66.4 Å². The second kappa shape index (κ2) is 10.6. The number of carboxylic acids is 1. The predicted molar refractivity (Wildman–Crippen MR) is 94.6 cm³/mol. The molecule has 1 rings (SSSR count). The van der Waals surface area contributed by atoms with Crippen LogP contribution in [0.2, 0.25) is 0 Å². The molecule has 0 fully saturated rings. The lowest BCUT2D eigenvalue weighted by Crippen LogP contribution is -2.46. The third-order valence-corrected chi connectivity index (χ3v) is 4.88. The van der Waals surface area contributed by atoms with E-state index in [9.17, 15) is 14.7 Å². The Morgan fingerprint density at radius 2 is 1.91 bits per heavy atom. The monoisotopic (exact) mass is 341 g/mol. The lowest BCUT2D eigenvalue weighted by Gasteiger charge is -2.20. The first-order chi connectivity index (χ1) is 10.6. The van der Waals surface area contributed by atoms with Crippen molar-refractivity contribution in [2.24, 2.45) is 5.92 Å². The summed E-state index contributed by atoms with van der Waals surface area (Å²) in [5, 5.41) is 11.9. The highest BCUT2D eigenvalue weighted by Crippen LogP contribution is 2.14. The van der Waals surface area contributed by atoms with Gasteiger partial charge in [0.2, 0.25) is 5.91 Å². The Hall–Kier alpha value is -1.14. The van der Waals surface area contributed by atoms with Gasteiger partial charge in [-0.3, -0.25) is 4.79 Å². The number of thioether (sulfide) groups is 2. The summed E-state index contributed by atoms with van der Waals surface area (Å²) in [6, 6.07) is 8.99. The van der Waals surface area contributed by atoms with Crippen molar-refractivity contribution < 1.29 is 14.7 Å². The van der Waals surface area contributed by atoms with Crippen molar-refractivity contribution in [1.82, 2.24) is 5.32 Å². The van der Waals surface area contributed by atoms with Gasteiger partial charge in [0.1, 0.15) is 6.04 Å². The van der Waals surface area contributed by atoms with Crippen LogP contribution in [0.15, 0.2) is 30.3 Å². The molecule has 0 aliphatic carbocycles. The van der Waals surface area contributed by atoms with Gasteiger partial charge in [-0.2, -0.15) is 23.5 Å². The maximum atomic E-state index is 12.4. The average Bonchev–Trinajstić information content (AvgIpc) is 2.51. The molecule has 22 heavy (non-hydrogen) atoms. The Morgan fingerprint density at radius 3 is 2.45 bits per heavy atom. The van der Waals surface area contributed by atoms with Gasteiger partial charge in [0.05, 0.1) is 5.92 Å². The molecule has 2 atom stereocenters. The van der Waals surface area contributed by atoms with Crippen molar-refractivity contribution >= 4 is 35.4 Å². The van der Waals surface area contributed by atoms with E-state index in [0.717, 1.165) is 11.3 Å². The molecule has 0 bridgehead atoms. The van der Waals surface area contributed by atoms with Gasteiger partial charge in [-0.15, -0.1) is 0 Å². The Kier molecular flexibility index (Phi) is 9.08. The minimum Gasteiger partial charge on any atom is -0.480 e. The molecule has 122 valence electrons. The predicted octanol–water partition coefficient (Wildman–Crippen LogP) is 2.53. The molecule has 0 saturated heterocycles. The maximum absolute atomic E-state index is 12.4. The van der Waals surface area contributed by atoms with E-state index in [0.29, 0.717) is 17.9 Å². The molecule has 6 heteroatoms. The van der Waals surface area contributed by atoms with Crippen LogP contribution in [0, 0.1) is 5.92 Å². The third-order valence-electron chi connectivity index (χ3n) is 3.17. The number of nitrogens with one attached hydrogen (secondary N) is 1. The van der Waals surface area contributed by atoms with Gasteiger partial charge in [0.15, 0.2) is 0 Å². The van der Waals surface area contributed by atoms with Crippen LogP contribution in [0.4, 0.5) is 0 Å². The zero-order valence-corrected chi connectivity index (χ0v) is 14.6. The summed E-state index contributed by atoms with van der Waals surface area (Å²) >= 11 is 3.11. The van der Waals surface area contributed by atoms with Crippen LogP contribution in [0.25, 0.3) is 0 Å². The zero-order chi connectivity index (χ0) is 16.4. The highest BCUT2D eigenvalue weighted by molar-refractivity contribution is 7.99. The second-order valence-electron chi connectivity index (χ2n) is 4.90. The summed E-state index contributed by atoms with van der Waals surface area (Å²) in [5.74, 6) is 0.533. The number of hydrogen-bond donors (Lipinski definition) is 2. The summed E-state index contributed by atoms with van der Waals surface area (Å²) in [6.45, 7) is 1.97.